The highest BCUT2D eigenvalue weighted by Crippen LogP contribution is 2.13. The molecular formula is C20H43NO. The molecule has 0 heterocycles. The van der Waals surface area contributed by atoms with Crippen LogP contribution in [0.2, 0.25) is 0 Å². The number of hydrogen-bond donors (Lipinski definition) is 2. The van der Waals surface area contributed by atoms with Crippen LogP contribution in [0, 0.1) is 0 Å². The first kappa shape index (κ1) is 21.9. The smallest absolute Gasteiger partial charge is 0.0584 e. The van der Waals surface area contributed by atoms with Gasteiger partial charge in [-0.2, -0.15) is 0 Å². The first-order chi connectivity index (χ1) is 10.8. The highest BCUT2D eigenvalue weighted by atomic mass is 16.3. The molecule has 0 rings (SSSR count). The lowest BCUT2D eigenvalue weighted by molar-refractivity contribution is 0.232. The fourth-order valence-corrected chi connectivity index (χ4v) is 2.97. The minimum Gasteiger partial charge on any atom is -0.395 e. The van der Waals surface area contributed by atoms with E-state index >= 15 is 0 Å². The van der Waals surface area contributed by atoms with Crippen LogP contribution in [-0.2, 0) is 0 Å². The van der Waals surface area contributed by atoms with E-state index in [-0.39, 0.29) is 0 Å². The predicted octanol–water partition coefficient (Wildman–Crippen LogP) is 5.83. The fourth-order valence-electron chi connectivity index (χ4n) is 2.97. The Bertz CT molecular complexity index is 196. The van der Waals surface area contributed by atoms with Crippen LogP contribution in [0.3, 0.4) is 0 Å². The minimum absolute atomic E-state index is 0.293. The van der Waals surface area contributed by atoms with E-state index in [1.54, 1.807) is 0 Å². The lowest BCUT2D eigenvalue weighted by atomic mass is 10.0. The van der Waals surface area contributed by atoms with Crippen LogP contribution in [0.25, 0.3) is 0 Å². The van der Waals surface area contributed by atoms with Crippen molar-refractivity contribution in [3.63, 3.8) is 0 Å². The summed E-state index contributed by atoms with van der Waals surface area (Å²) in [5, 5.41) is 12.8. The molecule has 2 N–H and O–H groups in total. The number of hydrogen-bond acceptors (Lipinski definition) is 2. The number of aliphatic hydroxyl groups excluding tert-OH is 1. The van der Waals surface area contributed by atoms with E-state index < -0.39 is 0 Å². The molecule has 1 atom stereocenters. The van der Waals surface area contributed by atoms with Gasteiger partial charge >= 0.3 is 0 Å². The molecule has 1 unspecified atom stereocenters. The number of aliphatic hydroxyl groups is 1. The summed E-state index contributed by atoms with van der Waals surface area (Å²) >= 11 is 0. The minimum atomic E-state index is 0.293. The van der Waals surface area contributed by atoms with E-state index in [1.807, 2.05) is 0 Å². The topological polar surface area (TPSA) is 32.3 Å². The van der Waals surface area contributed by atoms with Crippen molar-refractivity contribution in [2.24, 2.45) is 0 Å². The molecule has 0 aromatic heterocycles. The average Bonchev–Trinajstić information content (AvgIpc) is 2.54. The molecule has 0 aliphatic carbocycles. The van der Waals surface area contributed by atoms with Gasteiger partial charge in [-0.05, 0) is 19.4 Å². The van der Waals surface area contributed by atoms with Crippen LogP contribution in [0.15, 0.2) is 0 Å². The maximum absolute atomic E-state index is 9.34. The van der Waals surface area contributed by atoms with Crippen molar-refractivity contribution >= 4 is 0 Å². The van der Waals surface area contributed by atoms with Gasteiger partial charge in [-0.25, -0.2) is 0 Å². The van der Waals surface area contributed by atoms with Crippen molar-refractivity contribution in [3.8, 4) is 0 Å². The Morgan fingerprint density at radius 2 is 1.09 bits per heavy atom. The third-order valence-electron chi connectivity index (χ3n) is 4.59. The van der Waals surface area contributed by atoms with Crippen LogP contribution >= 0.6 is 0 Å². The second kappa shape index (κ2) is 19.0. The molecule has 0 aliphatic rings. The van der Waals surface area contributed by atoms with Crippen molar-refractivity contribution in [1.82, 2.24) is 5.32 Å². The SMILES string of the molecule is CCCCCCCCCCCCCCC(CO)NCCCC. The molecule has 0 aromatic carbocycles. The quantitative estimate of drug-likeness (QED) is 0.312. The zero-order valence-electron chi connectivity index (χ0n) is 15.5. The Hall–Kier alpha value is -0.0800. The molecule has 2 heteroatoms. The molecule has 0 saturated heterocycles. The van der Waals surface area contributed by atoms with Gasteiger partial charge in [-0.1, -0.05) is 97.3 Å². The summed E-state index contributed by atoms with van der Waals surface area (Å²) in [5.74, 6) is 0. The summed E-state index contributed by atoms with van der Waals surface area (Å²) in [6, 6.07) is 0.328. The lowest BCUT2D eigenvalue weighted by Gasteiger charge is -2.15. The Morgan fingerprint density at radius 3 is 1.55 bits per heavy atom. The van der Waals surface area contributed by atoms with E-state index in [4.69, 9.17) is 0 Å². The second-order valence-corrected chi connectivity index (χ2v) is 6.86. The monoisotopic (exact) mass is 313 g/mol. The molecule has 0 fully saturated rings. The Morgan fingerprint density at radius 1 is 0.636 bits per heavy atom. The lowest BCUT2D eigenvalue weighted by Crippen LogP contribution is -2.33. The largest absolute Gasteiger partial charge is 0.395 e. The van der Waals surface area contributed by atoms with Crippen LogP contribution in [0.4, 0.5) is 0 Å². The standard InChI is InChI=1S/C20H43NO/c1-3-5-7-8-9-10-11-12-13-14-15-16-17-20(19-22)21-18-6-4-2/h20-22H,3-19H2,1-2H3. The first-order valence-electron chi connectivity index (χ1n) is 10.2. The third-order valence-corrected chi connectivity index (χ3v) is 4.59. The fraction of sp³-hybridized carbons (Fsp3) is 1.00. The predicted molar refractivity (Wildman–Crippen MR) is 99.5 cm³/mol. The van der Waals surface area contributed by atoms with Crippen LogP contribution in [-0.4, -0.2) is 24.3 Å². The molecule has 0 amide bonds. The van der Waals surface area contributed by atoms with Gasteiger partial charge in [0.25, 0.3) is 0 Å². The summed E-state index contributed by atoms with van der Waals surface area (Å²) in [4.78, 5) is 0. The van der Waals surface area contributed by atoms with E-state index in [1.165, 1.54) is 89.9 Å². The van der Waals surface area contributed by atoms with Gasteiger partial charge in [-0.15, -0.1) is 0 Å². The Balaban J connectivity index is 3.18. The van der Waals surface area contributed by atoms with Crippen molar-refractivity contribution in [3.05, 3.63) is 0 Å². The van der Waals surface area contributed by atoms with Crippen LogP contribution < -0.4 is 5.32 Å². The number of rotatable bonds is 18. The molecule has 0 bridgehead atoms. The van der Waals surface area contributed by atoms with Gasteiger partial charge in [0.15, 0.2) is 0 Å². The van der Waals surface area contributed by atoms with Gasteiger partial charge in [0, 0.05) is 6.04 Å². The maximum Gasteiger partial charge on any atom is 0.0584 e. The van der Waals surface area contributed by atoms with Gasteiger partial charge in [0.05, 0.1) is 6.61 Å². The summed E-state index contributed by atoms with van der Waals surface area (Å²) in [5.41, 5.74) is 0. The molecule has 22 heavy (non-hydrogen) atoms. The molecule has 2 nitrogen and oxygen atoms in total. The normalized spacial score (nSPS) is 12.7. The molecule has 134 valence electrons. The van der Waals surface area contributed by atoms with Crippen molar-refractivity contribution < 1.29 is 5.11 Å². The number of nitrogens with one attached hydrogen (secondary N) is 1. The van der Waals surface area contributed by atoms with Crippen LogP contribution in [0.5, 0.6) is 0 Å². The summed E-state index contributed by atoms with van der Waals surface area (Å²) in [6.45, 7) is 5.84. The highest BCUT2D eigenvalue weighted by Gasteiger charge is 2.05. The summed E-state index contributed by atoms with van der Waals surface area (Å²) in [7, 11) is 0. The first-order valence-corrected chi connectivity index (χ1v) is 10.2. The van der Waals surface area contributed by atoms with Gasteiger partial charge in [-0.3, -0.25) is 0 Å². The van der Waals surface area contributed by atoms with E-state index in [9.17, 15) is 5.11 Å². The van der Waals surface area contributed by atoms with Crippen LogP contribution in [0.1, 0.15) is 110 Å². The average molecular weight is 314 g/mol. The molecule has 0 saturated carbocycles. The maximum atomic E-state index is 9.34. The van der Waals surface area contributed by atoms with Crippen molar-refractivity contribution in [2.75, 3.05) is 13.2 Å². The van der Waals surface area contributed by atoms with Crippen molar-refractivity contribution in [2.45, 2.75) is 116 Å². The van der Waals surface area contributed by atoms with Crippen molar-refractivity contribution in [1.29, 1.82) is 0 Å². The van der Waals surface area contributed by atoms with Gasteiger partial charge in [0.2, 0.25) is 0 Å². The number of unbranched alkanes of at least 4 members (excludes halogenated alkanes) is 12. The second-order valence-electron chi connectivity index (χ2n) is 6.86. The Labute approximate surface area is 140 Å². The summed E-state index contributed by atoms with van der Waals surface area (Å²) < 4.78 is 0. The zero-order chi connectivity index (χ0) is 16.3. The summed E-state index contributed by atoms with van der Waals surface area (Å²) in [6.07, 6.45) is 20.4. The molecule has 0 aliphatic heterocycles. The van der Waals surface area contributed by atoms with Gasteiger partial charge in [0.1, 0.15) is 0 Å². The van der Waals surface area contributed by atoms with Gasteiger partial charge < -0.3 is 10.4 Å². The third kappa shape index (κ3) is 16.3. The zero-order valence-corrected chi connectivity index (χ0v) is 15.5. The van der Waals surface area contributed by atoms with E-state index in [2.05, 4.69) is 19.2 Å². The van der Waals surface area contributed by atoms with E-state index in [0.29, 0.717) is 12.6 Å². The Kier molecular flexibility index (Phi) is 18.9. The molecule has 0 radical (unpaired) electrons. The van der Waals surface area contributed by atoms with E-state index in [0.717, 1.165) is 13.0 Å². The molecular weight excluding hydrogens is 270 g/mol. The highest BCUT2D eigenvalue weighted by molar-refractivity contribution is 4.65. The molecule has 0 spiro atoms. The molecule has 0 aromatic rings.